The van der Waals surface area contributed by atoms with Crippen molar-refractivity contribution in [3.63, 3.8) is 0 Å². The van der Waals surface area contributed by atoms with E-state index in [1.54, 1.807) is 24.3 Å². The van der Waals surface area contributed by atoms with Crippen molar-refractivity contribution < 1.29 is 4.92 Å². The van der Waals surface area contributed by atoms with Crippen LogP contribution in [0.25, 0.3) is 0 Å². The van der Waals surface area contributed by atoms with E-state index < -0.39 is 0 Å². The Morgan fingerprint density at radius 1 is 1.20 bits per heavy atom. The quantitative estimate of drug-likeness (QED) is 0.663. The lowest BCUT2D eigenvalue weighted by Gasteiger charge is -2.32. The highest BCUT2D eigenvalue weighted by atomic mass is 16.6. The molecule has 2 aliphatic heterocycles. The number of nitrogens with one attached hydrogen (secondary N) is 1. The van der Waals surface area contributed by atoms with Gasteiger partial charge in [0.2, 0.25) is 0 Å². The van der Waals surface area contributed by atoms with Gasteiger partial charge in [0.1, 0.15) is 0 Å². The molecule has 0 saturated carbocycles. The van der Waals surface area contributed by atoms with Crippen LogP contribution in [0.15, 0.2) is 24.3 Å². The zero-order valence-electron chi connectivity index (χ0n) is 11.7. The first-order valence-corrected chi connectivity index (χ1v) is 7.43. The summed E-state index contributed by atoms with van der Waals surface area (Å²) in [5.41, 5.74) is 1.55. The zero-order valence-corrected chi connectivity index (χ0v) is 11.7. The summed E-state index contributed by atoms with van der Waals surface area (Å²) in [6, 6.07) is 6.68. The summed E-state index contributed by atoms with van der Waals surface area (Å²) in [4.78, 5) is 12.9. The molecule has 0 atom stereocenters. The van der Waals surface area contributed by atoms with Crippen molar-refractivity contribution in [2.45, 2.75) is 37.6 Å². The van der Waals surface area contributed by atoms with Crippen LogP contribution in [-0.2, 0) is 0 Å². The fraction of sp³-hybridized carbons (Fsp3) is 0.600. The Morgan fingerprint density at radius 3 is 2.45 bits per heavy atom. The van der Waals surface area contributed by atoms with Gasteiger partial charge in [0.25, 0.3) is 5.69 Å². The average Bonchev–Trinajstić information content (AvgIpc) is 2.98. The second kappa shape index (κ2) is 5.40. The number of hydrogen-bond donors (Lipinski definition) is 1. The molecule has 20 heavy (non-hydrogen) atoms. The summed E-state index contributed by atoms with van der Waals surface area (Å²) in [6.07, 6.45) is 6.49. The highest BCUT2D eigenvalue weighted by Gasteiger charge is 2.43. The second-order valence-electron chi connectivity index (χ2n) is 5.90. The molecule has 2 fully saturated rings. The Bertz CT molecular complexity index is 476. The number of anilines is 1. The van der Waals surface area contributed by atoms with E-state index in [1.165, 1.54) is 45.2 Å². The van der Waals surface area contributed by atoms with Gasteiger partial charge in [-0.1, -0.05) is 0 Å². The minimum atomic E-state index is -0.363. The Labute approximate surface area is 119 Å². The molecule has 1 N–H and O–H groups in total. The van der Waals surface area contributed by atoms with Crippen molar-refractivity contribution in [3.8, 4) is 0 Å². The number of rotatable bonds is 5. The van der Waals surface area contributed by atoms with Crippen molar-refractivity contribution in [1.82, 2.24) is 4.90 Å². The Morgan fingerprint density at radius 2 is 1.85 bits per heavy atom. The van der Waals surface area contributed by atoms with Crippen LogP contribution in [0.3, 0.4) is 0 Å². The van der Waals surface area contributed by atoms with Gasteiger partial charge in [-0.05, 0) is 57.3 Å². The van der Waals surface area contributed by atoms with Gasteiger partial charge in [0, 0.05) is 29.9 Å². The molecule has 1 aromatic carbocycles. The molecule has 2 saturated heterocycles. The summed E-state index contributed by atoms with van der Waals surface area (Å²) in [5.74, 6) is 0. The third-order valence-electron chi connectivity index (χ3n) is 4.81. The largest absolute Gasteiger partial charge is 0.385 e. The molecule has 2 aliphatic rings. The Hall–Kier alpha value is -1.62. The van der Waals surface area contributed by atoms with Crippen LogP contribution < -0.4 is 5.32 Å². The van der Waals surface area contributed by atoms with E-state index in [2.05, 4.69) is 10.2 Å². The van der Waals surface area contributed by atoms with E-state index >= 15 is 0 Å². The van der Waals surface area contributed by atoms with E-state index in [0.29, 0.717) is 5.54 Å². The molecule has 0 aromatic heterocycles. The van der Waals surface area contributed by atoms with E-state index in [0.717, 1.165) is 12.2 Å². The third-order valence-corrected chi connectivity index (χ3v) is 4.81. The molecular weight excluding hydrogens is 254 g/mol. The van der Waals surface area contributed by atoms with Crippen LogP contribution in [0.2, 0.25) is 0 Å². The van der Waals surface area contributed by atoms with Gasteiger partial charge in [-0.2, -0.15) is 0 Å². The molecule has 2 heterocycles. The molecule has 0 bridgehead atoms. The normalized spacial score (nSPS) is 20.8. The summed E-state index contributed by atoms with van der Waals surface area (Å²) in [5, 5.41) is 14.0. The van der Waals surface area contributed by atoms with Crippen molar-refractivity contribution in [2.75, 3.05) is 25.0 Å². The SMILES string of the molecule is O=[N+]([O-])c1ccc(NCCC23CCCN2CCC3)cc1. The second-order valence-corrected chi connectivity index (χ2v) is 5.90. The predicted octanol–water partition coefficient (Wildman–Crippen LogP) is 3.03. The van der Waals surface area contributed by atoms with Gasteiger partial charge in [-0.25, -0.2) is 0 Å². The molecule has 108 valence electrons. The average molecular weight is 275 g/mol. The van der Waals surface area contributed by atoms with Crippen LogP contribution in [0.5, 0.6) is 0 Å². The lowest BCUT2D eigenvalue weighted by atomic mass is 9.90. The van der Waals surface area contributed by atoms with Crippen LogP contribution >= 0.6 is 0 Å². The highest BCUT2D eigenvalue weighted by Crippen LogP contribution is 2.41. The smallest absolute Gasteiger partial charge is 0.269 e. The summed E-state index contributed by atoms with van der Waals surface area (Å²) >= 11 is 0. The van der Waals surface area contributed by atoms with E-state index in [-0.39, 0.29) is 10.6 Å². The molecule has 5 nitrogen and oxygen atoms in total. The van der Waals surface area contributed by atoms with Crippen molar-refractivity contribution in [1.29, 1.82) is 0 Å². The van der Waals surface area contributed by atoms with Gasteiger partial charge in [-0.3, -0.25) is 15.0 Å². The van der Waals surface area contributed by atoms with E-state index in [9.17, 15) is 10.1 Å². The molecular formula is C15H21N3O2. The fourth-order valence-electron chi connectivity index (χ4n) is 3.77. The molecule has 0 amide bonds. The summed E-state index contributed by atoms with van der Waals surface area (Å²) < 4.78 is 0. The summed E-state index contributed by atoms with van der Waals surface area (Å²) in [7, 11) is 0. The first-order valence-electron chi connectivity index (χ1n) is 7.43. The number of benzene rings is 1. The lowest BCUT2D eigenvalue weighted by molar-refractivity contribution is -0.384. The predicted molar refractivity (Wildman–Crippen MR) is 79.0 cm³/mol. The maximum atomic E-state index is 10.6. The monoisotopic (exact) mass is 275 g/mol. The van der Waals surface area contributed by atoms with Crippen LogP contribution in [-0.4, -0.2) is 35.0 Å². The standard InChI is InChI=1S/C15H21N3O2/c19-18(20)14-5-3-13(4-6-14)16-10-9-15-7-1-11-17(15)12-2-8-15/h3-6,16H,1-2,7-12H2. The minimum Gasteiger partial charge on any atom is -0.385 e. The zero-order chi connectivity index (χ0) is 14.0. The number of fused-ring (bicyclic) bond motifs is 1. The number of non-ortho nitro benzene ring substituents is 1. The Balaban J connectivity index is 1.53. The Kier molecular flexibility index (Phi) is 3.61. The van der Waals surface area contributed by atoms with Gasteiger partial charge < -0.3 is 5.32 Å². The molecule has 0 aliphatic carbocycles. The number of nitrogens with zero attached hydrogens (tertiary/aromatic N) is 2. The first kappa shape index (κ1) is 13.4. The van der Waals surface area contributed by atoms with Crippen molar-refractivity contribution in [2.24, 2.45) is 0 Å². The fourth-order valence-corrected chi connectivity index (χ4v) is 3.77. The van der Waals surface area contributed by atoms with Gasteiger partial charge >= 0.3 is 0 Å². The molecule has 0 unspecified atom stereocenters. The molecule has 0 radical (unpaired) electrons. The molecule has 5 heteroatoms. The van der Waals surface area contributed by atoms with Crippen LogP contribution in [0.4, 0.5) is 11.4 Å². The maximum absolute atomic E-state index is 10.6. The first-order chi connectivity index (χ1) is 9.70. The topological polar surface area (TPSA) is 58.4 Å². The minimum absolute atomic E-state index is 0.145. The van der Waals surface area contributed by atoms with E-state index in [4.69, 9.17) is 0 Å². The van der Waals surface area contributed by atoms with Gasteiger partial charge in [0.15, 0.2) is 0 Å². The van der Waals surface area contributed by atoms with Crippen LogP contribution in [0, 0.1) is 10.1 Å². The third kappa shape index (κ3) is 2.50. The maximum Gasteiger partial charge on any atom is 0.269 e. The molecule has 0 spiro atoms. The number of hydrogen-bond acceptors (Lipinski definition) is 4. The van der Waals surface area contributed by atoms with Crippen molar-refractivity contribution in [3.05, 3.63) is 34.4 Å². The molecule has 1 aromatic rings. The lowest BCUT2D eigenvalue weighted by Crippen LogP contribution is -2.39. The van der Waals surface area contributed by atoms with Gasteiger partial charge in [-0.15, -0.1) is 0 Å². The number of nitro benzene ring substituents is 1. The van der Waals surface area contributed by atoms with Crippen molar-refractivity contribution >= 4 is 11.4 Å². The molecule has 3 rings (SSSR count). The summed E-state index contributed by atoms with van der Waals surface area (Å²) in [6.45, 7) is 3.46. The van der Waals surface area contributed by atoms with Gasteiger partial charge in [0.05, 0.1) is 4.92 Å². The van der Waals surface area contributed by atoms with Crippen LogP contribution in [0.1, 0.15) is 32.1 Å². The number of nitro groups is 1. The van der Waals surface area contributed by atoms with E-state index in [1.807, 2.05) is 0 Å². The highest BCUT2D eigenvalue weighted by molar-refractivity contribution is 5.48.